The minimum absolute atomic E-state index is 0.130. The van der Waals surface area contributed by atoms with Crippen molar-refractivity contribution in [3.63, 3.8) is 0 Å². The maximum absolute atomic E-state index is 11.8. The molecule has 1 aromatic heterocycles. The normalized spacial score (nSPS) is 13.3. The molecule has 2 amide bonds. The molecule has 0 bridgehead atoms. The maximum Gasteiger partial charge on any atom is 0.326 e. The van der Waals surface area contributed by atoms with Gasteiger partial charge in [-0.05, 0) is 24.0 Å². The van der Waals surface area contributed by atoms with Crippen LogP contribution in [0.25, 0.3) is 0 Å². The van der Waals surface area contributed by atoms with Crippen molar-refractivity contribution < 1.29 is 14.7 Å². The van der Waals surface area contributed by atoms with E-state index in [2.05, 4.69) is 15.6 Å². The molecule has 21 heavy (non-hydrogen) atoms. The van der Waals surface area contributed by atoms with E-state index >= 15 is 0 Å². The van der Waals surface area contributed by atoms with Crippen LogP contribution < -0.4 is 10.6 Å². The quantitative estimate of drug-likeness (QED) is 0.716. The van der Waals surface area contributed by atoms with Gasteiger partial charge in [0.15, 0.2) is 0 Å². The number of urea groups is 1. The number of amides is 2. The van der Waals surface area contributed by atoms with Crippen LogP contribution in [0.15, 0.2) is 18.3 Å². The molecule has 1 rings (SSSR count). The van der Waals surface area contributed by atoms with Gasteiger partial charge in [0, 0.05) is 6.20 Å². The number of nitrogens with one attached hydrogen (secondary N) is 2. The van der Waals surface area contributed by atoms with E-state index in [4.69, 9.17) is 5.11 Å². The largest absolute Gasteiger partial charge is 0.480 e. The lowest BCUT2D eigenvalue weighted by Gasteiger charge is -2.20. The molecule has 1 aromatic rings. The highest BCUT2D eigenvalue weighted by atomic mass is 16.4. The second-order valence-corrected chi connectivity index (χ2v) is 4.99. The number of aryl methyl sites for hydroxylation is 1. The van der Waals surface area contributed by atoms with Gasteiger partial charge in [0.2, 0.25) is 0 Å². The smallest absolute Gasteiger partial charge is 0.326 e. The molecule has 0 aliphatic carbocycles. The molecule has 6 heteroatoms. The van der Waals surface area contributed by atoms with Crippen molar-refractivity contribution in [2.45, 2.75) is 46.2 Å². The second kappa shape index (κ2) is 8.24. The summed E-state index contributed by atoms with van der Waals surface area (Å²) in [6.07, 6.45) is 3.18. The molecule has 0 aliphatic rings. The number of carboxylic acids is 1. The second-order valence-electron chi connectivity index (χ2n) is 4.99. The fourth-order valence-corrected chi connectivity index (χ4v) is 1.99. The molecule has 0 aromatic carbocycles. The standard InChI is InChI=1S/C15H23N3O3/c1-4-10(3)13(14(19)20)18-15(21)17-9-12-11(5-2)7-6-8-16-12/h6-8,10,13H,4-5,9H2,1-3H3,(H,19,20)(H2,17,18,21). The van der Waals surface area contributed by atoms with Crippen molar-refractivity contribution in [1.29, 1.82) is 0 Å². The van der Waals surface area contributed by atoms with Crippen molar-refractivity contribution >= 4 is 12.0 Å². The summed E-state index contributed by atoms with van der Waals surface area (Å²) in [4.78, 5) is 27.2. The van der Waals surface area contributed by atoms with E-state index in [0.29, 0.717) is 6.42 Å². The van der Waals surface area contributed by atoms with Crippen LogP contribution >= 0.6 is 0 Å². The van der Waals surface area contributed by atoms with E-state index in [9.17, 15) is 9.59 Å². The minimum atomic E-state index is -1.02. The summed E-state index contributed by atoms with van der Waals surface area (Å²) >= 11 is 0. The number of hydrogen-bond acceptors (Lipinski definition) is 3. The number of aromatic nitrogens is 1. The SMILES string of the molecule is CCc1cccnc1CNC(=O)NC(C(=O)O)C(C)CC. The van der Waals surface area contributed by atoms with Gasteiger partial charge in [-0.3, -0.25) is 4.98 Å². The molecule has 0 aliphatic heterocycles. The van der Waals surface area contributed by atoms with Gasteiger partial charge in [0.25, 0.3) is 0 Å². The van der Waals surface area contributed by atoms with Crippen LogP contribution in [0.5, 0.6) is 0 Å². The van der Waals surface area contributed by atoms with Crippen molar-refractivity contribution in [1.82, 2.24) is 15.6 Å². The van der Waals surface area contributed by atoms with Crippen molar-refractivity contribution in [2.24, 2.45) is 5.92 Å². The summed E-state index contributed by atoms with van der Waals surface area (Å²) in [6, 6.07) is 2.44. The highest BCUT2D eigenvalue weighted by Crippen LogP contribution is 2.08. The van der Waals surface area contributed by atoms with Gasteiger partial charge in [-0.1, -0.05) is 33.3 Å². The van der Waals surface area contributed by atoms with Gasteiger partial charge in [-0.15, -0.1) is 0 Å². The van der Waals surface area contributed by atoms with Gasteiger partial charge in [-0.25, -0.2) is 9.59 Å². The first kappa shape index (κ1) is 16.9. The Kier molecular flexibility index (Phi) is 6.65. The third-order valence-electron chi connectivity index (χ3n) is 3.55. The summed E-state index contributed by atoms with van der Waals surface area (Å²) in [6.45, 7) is 5.99. The van der Waals surface area contributed by atoms with E-state index < -0.39 is 18.0 Å². The molecule has 0 saturated heterocycles. The van der Waals surface area contributed by atoms with Crippen LogP contribution in [-0.4, -0.2) is 28.1 Å². The maximum atomic E-state index is 11.8. The number of carbonyl (C=O) groups excluding carboxylic acids is 1. The van der Waals surface area contributed by atoms with Crippen LogP contribution in [0.1, 0.15) is 38.4 Å². The van der Waals surface area contributed by atoms with Crippen molar-refractivity contribution in [3.8, 4) is 0 Å². The summed E-state index contributed by atoms with van der Waals surface area (Å²) in [5, 5.41) is 14.3. The number of pyridine rings is 1. The van der Waals surface area contributed by atoms with E-state index in [1.54, 1.807) is 13.1 Å². The molecule has 0 saturated carbocycles. The number of hydrogen-bond donors (Lipinski definition) is 3. The molecule has 2 atom stereocenters. The Morgan fingerprint density at radius 1 is 1.38 bits per heavy atom. The summed E-state index contributed by atoms with van der Waals surface area (Å²) in [5.41, 5.74) is 1.86. The number of aliphatic carboxylic acids is 1. The zero-order valence-corrected chi connectivity index (χ0v) is 12.7. The molecular formula is C15H23N3O3. The van der Waals surface area contributed by atoms with Crippen LogP contribution in [0.3, 0.4) is 0 Å². The summed E-state index contributed by atoms with van der Waals surface area (Å²) < 4.78 is 0. The van der Waals surface area contributed by atoms with Gasteiger partial charge < -0.3 is 15.7 Å². The van der Waals surface area contributed by atoms with Gasteiger partial charge in [0.1, 0.15) is 6.04 Å². The molecule has 6 nitrogen and oxygen atoms in total. The van der Waals surface area contributed by atoms with Gasteiger partial charge in [-0.2, -0.15) is 0 Å². The Bertz CT molecular complexity index is 491. The Balaban J connectivity index is 2.59. The Morgan fingerprint density at radius 2 is 2.10 bits per heavy atom. The number of nitrogens with zero attached hydrogens (tertiary/aromatic N) is 1. The van der Waals surface area contributed by atoms with Crippen LogP contribution in [-0.2, 0) is 17.8 Å². The highest BCUT2D eigenvalue weighted by molar-refractivity contribution is 5.82. The molecule has 0 radical (unpaired) electrons. The molecule has 0 spiro atoms. The van der Waals surface area contributed by atoms with Gasteiger partial charge >= 0.3 is 12.0 Å². The molecule has 116 valence electrons. The molecule has 3 N–H and O–H groups in total. The van der Waals surface area contributed by atoms with Crippen molar-refractivity contribution in [3.05, 3.63) is 29.6 Å². The molecule has 1 heterocycles. The monoisotopic (exact) mass is 293 g/mol. The third kappa shape index (κ3) is 5.06. The topological polar surface area (TPSA) is 91.3 Å². The first-order valence-corrected chi connectivity index (χ1v) is 7.19. The minimum Gasteiger partial charge on any atom is -0.480 e. The third-order valence-corrected chi connectivity index (χ3v) is 3.55. The fraction of sp³-hybridized carbons (Fsp3) is 0.533. The van der Waals surface area contributed by atoms with E-state index in [1.807, 2.05) is 26.0 Å². The Hall–Kier alpha value is -2.11. The van der Waals surface area contributed by atoms with E-state index in [1.165, 1.54) is 0 Å². The predicted molar refractivity (Wildman–Crippen MR) is 79.9 cm³/mol. The zero-order valence-electron chi connectivity index (χ0n) is 12.7. The lowest BCUT2D eigenvalue weighted by Crippen LogP contribution is -2.49. The lowest BCUT2D eigenvalue weighted by atomic mass is 9.99. The Morgan fingerprint density at radius 3 is 2.67 bits per heavy atom. The van der Waals surface area contributed by atoms with E-state index in [0.717, 1.165) is 17.7 Å². The van der Waals surface area contributed by atoms with Crippen LogP contribution in [0.4, 0.5) is 4.79 Å². The summed E-state index contributed by atoms with van der Waals surface area (Å²) in [7, 11) is 0. The molecule has 0 fully saturated rings. The first-order chi connectivity index (χ1) is 9.99. The molecular weight excluding hydrogens is 270 g/mol. The predicted octanol–water partition coefficient (Wildman–Crippen LogP) is 1.94. The average molecular weight is 293 g/mol. The van der Waals surface area contributed by atoms with Gasteiger partial charge in [0.05, 0.1) is 12.2 Å². The van der Waals surface area contributed by atoms with Crippen LogP contribution in [0.2, 0.25) is 0 Å². The first-order valence-electron chi connectivity index (χ1n) is 7.19. The fourth-order valence-electron chi connectivity index (χ4n) is 1.99. The van der Waals surface area contributed by atoms with E-state index in [-0.39, 0.29) is 12.5 Å². The molecule has 2 unspecified atom stereocenters. The highest BCUT2D eigenvalue weighted by Gasteiger charge is 2.25. The summed E-state index contributed by atoms with van der Waals surface area (Å²) in [5.74, 6) is -1.15. The lowest BCUT2D eigenvalue weighted by molar-refractivity contribution is -0.140. The number of rotatable bonds is 7. The zero-order chi connectivity index (χ0) is 15.8. The number of carbonyl (C=O) groups is 2. The van der Waals surface area contributed by atoms with Crippen LogP contribution in [0, 0.1) is 5.92 Å². The number of carboxylic acid groups (broad SMARTS) is 1. The van der Waals surface area contributed by atoms with Crippen molar-refractivity contribution in [2.75, 3.05) is 0 Å². The average Bonchev–Trinajstić information content (AvgIpc) is 2.49. The Labute approximate surface area is 125 Å².